The van der Waals surface area contributed by atoms with Crippen molar-refractivity contribution in [3.8, 4) is 17.0 Å². The Balaban J connectivity index is 1.92. The van der Waals surface area contributed by atoms with E-state index in [9.17, 15) is 41.0 Å². The van der Waals surface area contributed by atoms with Crippen LogP contribution in [0.1, 0.15) is 16.1 Å². The fourth-order valence-electron chi connectivity index (χ4n) is 3.11. The molecular weight excluding hydrogens is 498 g/mol. The average Bonchev–Trinajstić information content (AvgIpc) is 2.83. The SMILES string of the molecule is Cn1cc(C(=O)Nc2ccc(C(O)(C(F)F)C(F)F)nc2)c(=O)c(-c2ccccc2OCC(F)F)n1. The van der Waals surface area contributed by atoms with E-state index in [1.54, 1.807) is 0 Å². The summed E-state index contributed by atoms with van der Waals surface area (Å²) >= 11 is 0. The largest absolute Gasteiger partial charge is 0.487 e. The first-order valence-electron chi connectivity index (χ1n) is 10.1. The van der Waals surface area contributed by atoms with E-state index in [-0.39, 0.29) is 22.7 Å². The molecule has 1 aromatic carbocycles. The van der Waals surface area contributed by atoms with E-state index >= 15 is 0 Å². The molecule has 0 aliphatic heterocycles. The molecule has 3 rings (SSSR count). The Morgan fingerprint density at radius 2 is 1.78 bits per heavy atom. The van der Waals surface area contributed by atoms with Crippen LogP contribution in [-0.2, 0) is 12.6 Å². The van der Waals surface area contributed by atoms with Gasteiger partial charge in [0.25, 0.3) is 25.2 Å². The lowest BCUT2D eigenvalue weighted by molar-refractivity contribution is -0.185. The van der Waals surface area contributed by atoms with E-state index in [4.69, 9.17) is 4.74 Å². The molecule has 0 saturated heterocycles. The minimum Gasteiger partial charge on any atom is -0.487 e. The molecular formula is C22H18F6N4O4. The van der Waals surface area contributed by atoms with Gasteiger partial charge in [-0.1, -0.05) is 12.1 Å². The second-order valence-electron chi connectivity index (χ2n) is 7.41. The van der Waals surface area contributed by atoms with Crippen LogP contribution >= 0.6 is 0 Å². The Morgan fingerprint density at radius 1 is 1.11 bits per heavy atom. The molecule has 3 aromatic rings. The Morgan fingerprint density at radius 3 is 2.36 bits per heavy atom. The van der Waals surface area contributed by atoms with Gasteiger partial charge in [0.2, 0.25) is 11.0 Å². The fraction of sp³-hybridized carbons (Fsp3) is 0.273. The van der Waals surface area contributed by atoms with Crippen molar-refractivity contribution < 1.29 is 41.0 Å². The van der Waals surface area contributed by atoms with Gasteiger partial charge >= 0.3 is 0 Å². The molecule has 14 heteroatoms. The number of anilines is 1. The van der Waals surface area contributed by atoms with Crippen LogP contribution in [-0.4, -0.2) is 51.7 Å². The number of para-hydroxylation sites is 1. The number of aromatic nitrogens is 3. The minimum atomic E-state index is -3.84. The normalized spacial score (nSPS) is 11.9. The first-order chi connectivity index (χ1) is 16.9. The van der Waals surface area contributed by atoms with Gasteiger partial charge in [-0.3, -0.25) is 19.3 Å². The lowest BCUT2D eigenvalue weighted by Gasteiger charge is -2.25. The summed E-state index contributed by atoms with van der Waals surface area (Å²) in [5.41, 5.74) is -6.53. The number of alkyl halides is 6. The number of nitrogens with zero attached hydrogens (tertiary/aromatic N) is 3. The number of ether oxygens (including phenoxy) is 1. The molecule has 0 aliphatic rings. The molecule has 0 spiro atoms. The van der Waals surface area contributed by atoms with Crippen LogP contribution in [0.25, 0.3) is 11.3 Å². The molecule has 0 radical (unpaired) electrons. The molecule has 0 aliphatic carbocycles. The lowest BCUT2D eigenvalue weighted by Crippen LogP contribution is -2.42. The van der Waals surface area contributed by atoms with Gasteiger partial charge in [0, 0.05) is 18.8 Å². The number of nitrogens with one attached hydrogen (secondary N) is 1. The minimum absolute atomic E-state index is 0.0534. The highest BCUT2D eigenvalue weighted by molar-refractivity contribution is 6.04. The topological polar surface area (TPSA) is 106 Å². The zero-order valence-electron chi connectivity index (χ0n) is 18.3. The quantitative estimate of drug-likeness (QED) is 0.422. The monoisotopic (exact) mass is 516 g/mol. The Bertz CT molecular complexity index is 1280. The molecule has 0 saturated carbocycles. The summed E-state index contributed by atoms with van der Waals surface area (Å²) in [6.45, 7) is -0.938. The van der Waals surface area contributed by atoms with Crippen LogP contribution in [0.3, 0.4) is 0 Å². The van der Waals surface area contributed by atoms with Crippen LogP contribution in [0.2, 0.25) is 0 Å². The van der Waals surface area contributed by atoms with E-state index in [2.05, 4.69) is 15.4 Å². The number of carbonyl (C=O) groups is 1. The molecule has 0 unspecified atom stereocenters. The van der Waals surface area contributed by atoms with Crippen molar-refractivity contribution >= 4 is 11.6 Å². The maximum Gasteiger partial charge on any atom is 0.278 e. The van der Waals surface area contributed by atoms with Crippen molar-refractivity contribution in [2.75, 3.05) is 11.9 Å². The number of aliphatic hydroxyl groups is 1. The van der Waals surface area contributed by atoms with Gasteiger partial charge < -0.3 is 15.2 Å². The maximum absolute atomic E-state index is 13.0. The molecule has 0 bridgehead atoms. The number of aryl methyl sites for hydroxylation is 1. The molecule has 2 N–H and O–H groups in total. The number of benzene rings is 1. The van der Waals surface area contributed by atoms with Gasteiger partial charge in [0.05, 0.1) is 17.6 Å². The highest BCUT2D eigenvalue weighted by atomic mass is 19.3. The highest BCUT2D eigenvalue weighted by Crippen LogP contribution is 2.34. The predicted octanol–water partition coefficient (Wildman–Crippen LogP) is 3.46. The summed E-state index contributed by atoms with van der Waals surface area (Å²) in [6.07, 6.45) is -8.61. The van der Waals surface area contributed by atoms with Crippen molar-refractivity contribution in [2.24, 2.45) is 7.05 Å². The summed E-state index contributed by atoms with van der Waals surface area (Å²) in [6, 6.07) is 7.36. The Kier molecular flexibility index (Phi) is 7.97. The van der Waals surface area contributed by atoms with Gasteiger partial charge in [-0.25, -0.2) is 26.3 Å². The van der Waals surface area contributed by atoms with E-state index in [0.717, 1.165) is 23.1 Å². The maximum atomic E-state index is 13.0. The molecule has 192 valence electrons. The first kappa shape index (κ1) is 26.7. The second-order valence-corrected chi connectivity index (χ2v) is 7.41. The molecule has 2 heterocycles. The summed E-state index contributed by atoms with van der Waals surface area (Å²) in [7, 11) is 1.40. The first-order valence-corrected chi connectivity index (χ1v) is 10.1. The standard InChI is InChI=1S/C22H18F6N4O4/c1-32-9-13(18(33)17(31-32)12-4-2-3-5-14(12)36-10-16(23)24)19(34)30-11-6-7-15(29-8-11)22(35,20(25)26)21(27)28/h2-9,16,20-21,35H,10H2,1H3,(H,30,34). The Hall–Kier alpha value is -3.94. The molecule has 36 heavy (non-hydrogen) atoms. The van der Waals surface area contributed by atoms with Crippen LogP contribution in [0.15, 0.2) is 53.6 Å². The predicted molar refractivity (Wildman–Crippen MR) is 115 cm³/mol. The van der Waals surface area contributed by atoms with Crippen molar-refractivity contribution in [1.82, 2.24) is 14.8 Å². The third-order valence-corrected chi connectivity index (χ3v) is 4.88. The Labute approximate surface area is 199 Å². The van der Waals surface area contributed by atoms with Gasteiger partial charge in [-0.15, -0.1) is 0 Å². The highest BCUT2D eigenvalue weighted by Gasteiger charge is 2.50. The lowest BCUT2D eigenvalue weighted by atomic mass is 10.0. The second kappa shape index (κ2) is 10.8. The van der Waals surface area contributed by atoms with E-state index in [1.165, 1.54) is 31.3 Å². The number of halogens is 6. The van der Waals surface area contributed by atoms with Gasteiger partial charge in [-0.05, 0) is 24.3 Å². The van der Waals surface area contributed by atoms with E-state index < -0.39 is 54.1 Å². The van der Waals surface area contributed by atoms with E-state index in [1.807, 2.05) is 0 Å². The van der Waals surface area contributed by atoms with Crippen LogP contribution in [0.4, 0.5) is 32.0 Å². The zero-order chi connectivity index (χ0) is 26.6. The summed E-state index contributed by atoms with van der Waals surface area (Å²) in [5.74, 6) is -1.05. The summed E-state index contributed by atoms with van der Waals surface area (Å²) < 4.78 is 83.3. The average molecular weight is 516 g/mol. The fourth-order valence-corrected chi connectivity index (χ4v) is 3.11. The molecule has 1 amide bonds. The van der Waals surface area contributed by atoms with Crippen molar-refractivity contribution in [2.45, 2.75) is 24.9 Å². The van der Waals surface area contributed by atoms with Crippen molar-refractivity contribution in [1.29, 1.82) is 0 Å². The van der Waals surface area contributed by atoms with Gasteiger partial charge in [0.15, 0.2) is 0 Å². The summed E-state index contributed by atoms with van der Waals surface area (Å²) in [4.78, 5) is 29.2. The zero-order valence-corrected chi connectivity index (χ0v) is 18.3. The molecule has 2 aromatic heterocycles. The summed E-state index contributed by atoms with van der Waals surface area (Å²) in [5, 5.41) is 15.9. The van der Waals surface area contributed by atoms with E-state index in [0.29, 0.717) is 6.07 Å². The number of hydrogen-bond donors (Lipinski definition) is 2. The van der Waals surface area contributed by atoms with Crippen LogP contribution in [0, 0.1) is 0 Å². The van der Waals surface area contributed by atoms with Crippen LogP contribution in [0.5, 0.6) is 5.75 Å². The number of amides is 1. The number of rotatable bonds is 9. The number of pyridine rings is 1. The van der Waals surface area contributed by atoms with Gasteiger partial charge in [-0.2, -0.15) is 5.10 Å². The molecule has 0 fully saturated rings. The van der Waals surface area contributed by atoms with Gasteiger partial charge in [0.1, 0.15) is 23.6 Å². The molecule has 0 atom stereocenters. The van der Waals surface area contributed by atoms with Crippen molar-refractivity contribution in [3.63, 3.8) is 0 Å². The van der Waals surface area contributed by atoms with Crippen molar-refractivity contribution in [3.05, 3.63) is 70.3 Å². The number of hydrogen-bond acceptors (Lipinski definition) is 6. The van der Waals surface area contributed by atoms with Crippen LogP contribution < -0.4 is 15.5 Å². The number of carbonyl (C=O) groups excluding carboxylic acids is 1. The third kappa shape index (κ3) is 5.48. The smallest absolute Gasteiger partial charge is 0.278 e. The third-order valence-electron chi connectivity index (χ3n) is 4.88. The molecule has 8 nitrogen and oxygen atoms in total.